The van der Waals surface area contributed by atoms with Crippen molar-refractivity contribution in [2.45, 2.75) is 93.7 Å². The van der Waals surface area contributed by atoms with Crippen LogP contribution < -0.4 is 0 Å². The van der Waals surface area contributed by atoms with E-state index in [2.05, 4.69) is 30.3 Å². The SMILES string of the molecule is C=C[C@@H](C#CC#CC[C@@H](OC(=O)[C@@](OC)(c1ccccc1)C(F)(F)F)[C@@H](CCCCCCC)OC)OC(=O)[C@@](OC)(c1ccccc1)C(F)(F)F. The Labute approximate surface area is 294 Å². The molecule has 0 bridgehead atoms. The summed E-state index contributed by atoms with van der Waals surface area (Å²) in [7, 11) is 2.80. The summed E-state index contributed by atoms with van der Waals surface area (Å²) in [6.45, 7) is 5.49. The first kappa shape index (κ1) is 42.9. The Kier molecular flexibility index (Phi) is 16.7. The molecule has 0 unspecified atom stereocenters. The van der Waals surface area contributed by atoms with Gasteiger partial charge in [-0.05, 0) is 30.3 Å². The van der Waals surface area contributed by atoms with Crippen molar-refractivity contribution in [2.75, 3.05) is 21.3 Å². The lowest BCUT2D eigenvalue weighted by Crippen LogP contribution is -2.53. The van der Waals surface area contributed by atoms with Gasteiger partial charge in [0, 0.05) is 38.9 Å². The molecule has 278 valence electrons. The van der Waals surface area contributed by atoms with Gasteiger partial charge in [-0.3, -0.25) is 0 Å². The van der Waals surface area contributed by atoms with Gasteiger partial charge in [-0.15, -0.1) is 0 Å². The van der Waals surface area contributed by atoms with Gasteiger partial charge in [0.05, 0.1) is 6.10 Å². The van der Waals surface area contributed by atoms with Crippen LogP contribution in [-0.4, -0.2) is 63.9 Å². The maximum atomic E-state index is 14.6. The highest BCUT2D eigenvalue weighted by Crippen LogP contribution is 2.44. The molecule has 0 radical (unpaired) electrons. The van der Waals surface area contributed by atoms with E-state index in [0.717, 1.165) is 70.2 Å². The summed E-state index contributed by atoms with van der Waals surface area (Å²) in [4.78, 5) is 26.4. The van der Waals surface area contributed by atoms with Crippen molar-refractivity contribution in [3.63, 3.8) is 0 Å². The van der Waals surface area contributed by atoms with E-state index in [1.165, 1.54) is 43.5 Å². The molecule has 5 atom stereocenters. The number of carbonyl (C=O) groups excluding carboxylic acids is 2. The third kappa shape index (κ3) is 10.6. The molecule has 0 amide bonds. The average Bonchev–Trinajstić information content (AvgIpc) is 3.09. The number of alkyl halides is 6. The molecule has 2 aromatic rings. The number of unbranched alkanes of at least 4 members (excludes halogenated alkanes) is 4. The van der Waals surface area contributed by atoms with Crippen LogP contribution in [0, 0.1) is 23.7 Å². The molecule has 0 N–H and O–H groups in total. The standard InChI is InChI=1S/C38H42F6O7/c1-6-8-9-10-19-26-31(47-3)32(51-34(46)36(49-5,38(42,43)44)29-23-16-12-17-24-29)27-20-13-18-25-30(7-2)50-33(45)35(48-4,37(39,40)41)28-21-14-11-15-22-28/h7,11-12,14-17,21-24,30-32H,2,6,8-10,19,26-27H2,1,3-5H3/t30-,31+,32+,35-,36-/m0/s1. The summed E-state index contributed by atoms with van der Waals surface area (Å²) in [5.41, 5.74) is -7.92. The predicted octanol–water partition coefficient (Wildman–Crippen LogP) is 7.98. The molecule has 0 spiro atoms. The van der Waals surface area contributed by atoms with Crippen molar-refractivity contribution in [1.29, 1.82) is 0 Å². The molecular formula is C38H42F6O7. The summed E-state index contributed by atoms with van der Waals surface area (Å²) < 4.78 is 112. The minimum atomic E-state index is -5.22. The number of benzene rings is 2. The van der Waals surface area contributed by atoms with Crippen LogP contribution in [0.3, 0.4) is 0 Å². The lowest BCUT2D eigenvalue weighted by molar-refractivity contribution is -0.279. The third-order valence-corrected chi connectivity index (χ3v) is 8.03. The van der Waals surface area contributed by atoms with Gasteiger partial charge < -0.3 is 23.7 Å². The number of carbonyl (C=O) groups is 2. The number of rotatable bonds is 18. The van der Waals surface area contributed by atoms with Crippen molar-refractivity contribution in [3.8, 4) is 23.7 Å². The van der Waals surface area contributed by atoms with Crippen molar-refractivity contribution >= 4 is 11.9 Å². The summed E-state index contributed by atoms with van der Waals surface area (Å²) in [5, 5.41) is 0. The molecule has 0 aliphatic carbocycles. The van der Waals surface area contributed by atoms with Gasteiger partial charge in [-0.1, -0.05) is 112 Å². The Morgan fingerprint density at radius 1 is 0.725 bits per heavy atom. The van der Waals surface area contributed by atoms with E-state index < -0.39 is 64.9 Å². The molecule has 0 aliphatic heterocycles. The van der Waals surface area contributed by atoms with Crippen LogP contribution >= 0.6 is 0 Å². The Morgan fingerprint density at radius 2 is 1.22 bits per heavy atom. The van der Waals surface area contributed by atoms with Gasteiger partial charge in [0.2, 0.25) is 0 Å². The first-order chi connectivity index (χ1) is 24.2. The van der Waals surface area contributed by atoms with Crippen LogP contribution in [0.15, 0.2) is 73.3 Å². The molecule has 0 aromatic heterocycles. The zero-order valence-electron chi connectivity index (χ0n) is 28.9. The van der Waals surface area contributed by atoms with Crippen molar-refractivity contribution in [1.82, 2.24) is 0 Å². The Balaban J connectivity index is 2.38. The Bertz CT molecular complexity index is 1520. The highest BCUT2D eigenvalue weighted by Gasteiger charge is 2.65. The first-order valence-corrected chi connectivity index (χ1v) is 16.1. The fraction of sp³-hybridized carbons (Fsp3) is 0.474. The fourth-order valence-corrected chi connectivity index (χ4v) is 5.29. The molecule has 13 heteroatoms. The number of hydrogen-bond acceptors (Lipinski definition) is 7. The number of hydrogen-bond donors (Lipinski definition) is 0. The molecule has 0 heterocycles. The second-order valence-electron chi connectivity index (χ2n) is 11.3. The third-order valence-electron chi connectivity index (χ3n) is 8.03. The maximum absolute atomic E-state index is 14.6. The lowest BCUT2D eigenvalue weighted by atomic mass is 9.92. The van der Waals surface area contributed by atoms with Crippen molar-refractivity contribution < 1.29 is 59.6 Å². The van der Waals surface area contributed by atoms with Crippen molar-refractivity contribution in [3.05, 3.63) is 84.4 Å². The van der Waals surface area contributed by atoms with Gasteiger partial charge in [0.1, 0.15) is 6.10 Å². The molecule has 0 saturated heterocycles. The largest absolute Gasteiger partial charge is 0.456 e. The molecule has 2 aromatic carbocycles. The van der Waals surface area contributed by atoms with Gasteiger partial charge in [0.15, 0.2) is 6.10 Å². The van der Waals surface area contributed by atoms with E-state index in [1.54, 1.807) is 0 Å². The van der Waals surface area contributed by atoms with Gasteiger partial charge in [0.25, 0.3) is 11.2 Å². The van der Waals surface area contributed by atoms with Crippen LogP contribution in [-0.2, 0) is 44.5 Å². The van der Waals surface area contributed by atoms with E-state index in [-0.39, 0.29) is 6.42 Å². The minimum absolute atomic E-state index is 0.333. The lowest BCUT2D eigenvalue weighted by Gasteiger charge is -2.34. The zero-order valence-corrected chi connectivity index (χ0v) is 28.9. The summed E-state index contributed by atoms with van der Waals surface area (Å²) in [5.74, 6) is 6.22. The number of ether oxygens (including phenoxy) is 5. The quantitative estimate of drug-likeness (QED) is 0.0508. The zero-order chi connectivity index (χ0) is 38.1. The Morgan fingerprint density at radius 3 is 1.65 bits per heavy atom. The monoisotopic (exact) mass is 724 g/mol. The first-order valence-electron chi connectivity index (χ1n) is 16.1. The van der Waals surface area contributed by atoms with Crippen LogP contribution in [0.4, 0.5) is 26.3 Å². The second-order valence-corrected chi connectivity index (χ2v) is 11.3. The fourth-order valence-electron chi connectivity index (χ4n) is 5.29. The highest BCUT2D eigenvalue weighted by atomic mass is 19.4. The average molecular weight is 725 g/mol. The topological polar surface area (TPSA) is 80.3 Å². The molecular weight excluding hydrogens is 682 g/mol. The van der Waals surface area contributed by atoms with Gasteiger partial charge >= 0.3 is 24.3 Å². The van der Waals surface area contributed by atoms with E-state index in [1.807, 2.05) is 6.92 Å². The van der Waals surface area contributed by atoms with E-state index in [0.29, 0.717) is 12.8 Å². The van der Waals surface area contributed by atoms with Crippen molar-refractivity contribution in [2.24, 2.45) is 0 Å². The normalized spacial score (nSPS) is 15.6. The predicted molar refractivity (Wildman–Crippen MR) is 177 cm³/mol. The molecule has 2 rings (SSSR count). The highest BCUT2D eigenvalue weighted by molar-refractivity contribution is 5.83. The van der Waals surface area contributed by atoms with Crippen LogP contribution in [0.1, 0.15) is 63.0 Å². The van der Waals surface area contributed by atoms with E-state index >= 15 is 0 Å². The maximum Gasteiger partial charge on any atom is 0.432 e. The van der Waals surface area contributed by atoms with Gasteiger partial charge in [-0.25, -0.2) is 9.59 Å². The number of methoxy groups -OCH3 is 3. The van der Waals surface area contributed by atoms with E-state index in [4.69, 9.17) is 23.7 Å². The molecule has 51 heavy (non-hydrogen) atoms. The van der Waals surface area contributed by atoms with E-state index in [9.17, 15) is 35.9 Å². The number of esters is 2. The summed E-state index contributed by atoms with van der Waals surface area (Å²) in [6, 6.07) is 12.5. The molecule has 7 nitrogen and oxygen atoms in total. The van der Waals surface area contributed by atoms with Crippen LogP contribution in [0.2, 0.25) is 0 Å². The summed E-state index contributed by atoms with van der Waals surface area (Å²) >= 11 is 0. The summed E-state index contributed by atoms with van der Waals surface area (Å²) in [6.07, 6.45) is -8.83. The minimum Gasteiger partial charge on any atom is -0.456 e. The van der Waals surface area contributed by atoms with Gasteiger partial charge in [-0.2, -0.15) is 26.3 Å². The molecule has 0 fully saturated rings. The second kappa shape index (κ2) is 19.9. The smallest absolute Gasteiger partial charge is 0.432 e. The Hall–Kier alpha value is -4.30. The molecule has 0 aliphatic rings. The number of halogens is 6. The van der Waals surface area contributed by atoms with Crippen LogP contribution in [0.5, 0.6) is 0 Å². The van der Waals surface area contributed by atoms with Crippen LogP contribution in [0.25, 0.3) is 0 Å². The molecule has 0 saturated carbocycles.